The fourth-order valence-corrected chi connectivity index (χ4v) is 3.48. The van der Waals surface area contributed by atoms with Crippen molar-refractivity contribution in [2.45, 2.75) is 26.7 Å². The van der Waals surface area contributed by atoms with E-state index in [1.165, 1.54) is 0 Å². The summed E-state index contributed by atoms with van der Waals surface area (Å²) < 4.78 is 32.2. The molecule has 0 saturated carbocycles. The Morgan fingerprint density at radius 1 is 1.00 bits per heavy atom. The summed E-state index contributed by atoms with van der Waals surface area (Å²) in [6.45, 7) is 4.62. The Morgan fingerprint density at radius 2 is 1.75 bits per heavy atom. The van der Waals surface area contributed by atoms with Crippen molar-refractivity contribution in [2.24, 2.45) is 0 Å². The number of hydrogen-bond acceptors (Lipinski definition) is 3. The summed E-state index contributed by atoms with van der Waals surface area (Å²) in [5.74, 6) is 0.934. The van der Waals surface area contributed by atoms with Crippen LogP contribution in [0.5, 0.6) is 5.75 Å². The van der Waals surface area contributed by atoms with E-state index in [4.69, 9.17) is 4.74 Å². The minimum atomic E-state index is -3.25. The third kappa shape index (κ3) is 5.98. The Bertz CT molecular complexity index is 742. The third-order valence-corrected chi connectivity index (χ3v) is 5.43. The van der Waals surface area contributed by atoms with Crippen molar-refractivity contribution in [3.63, 3.8) is 0 Å². The standard InChI is InChI=1S/C19H25NO3S/c1-16-8-6-12-19(17(16)2)23-14-13-20-24(21,22)15-7-11-18-9-4-3-5-10-18/h3-6,8-10,12,20H,7,11,13-15H2,1-2H3. The van der Waals surface area contributed by atoms with Crippen molar-refractivity contribution in [1.82, 2.24) is 4.72 Å². The summed E-state index contributed by atoms with van der Waals surface area (Å²) >= 11 is 0. The minimum absolute atomic E-state index is 0.130. The molecule has 0 fully saturated rings. The minimum Gasteiger partial charge on any atom is -0.492 e. The lowest BCUT2D eigenvalue weighted by atomic mass is 10.1. The van der Waals surface area contributed by atoms with Crippen LogP contribution in [0.1, 0.15) is 23.1 Å². The molecule has 0 amide bonds. The summed E-state index contributed by atoms with van der Waals surface area (Å²) in [6, 6.07) is 15.8. The lowest BCUT2D eigenvalue weighted by molar-refractivity contribution is 0.320. The molecule has 5 heteroatoms. The molecule has 0 bridgehead atoms. The summed E-state index contributed by atoms with van der Waals surface area (Å²) in [4.78, 5) is 0. The van der Waals surface area contributed by atoms with Crippen molar-refractivity contribution < 1.29 is 13.2 Å². The molecule has 0 heterocycles. The van der Waals surface area contributed by atoms with E-state index >= 15 is 0 Å². The number of aryl methyl sites for hydroxylation is 2. The van der Waals surface area contributed by atoms with Gasteiger partial charge in [0.1, 0.15) is 12.4 Å². The van der Waals surface area contributed by atoms with Crippen LogP contribution in [0.25, 0.3) is 0 Å². The van der Waals surface area contributed by atoms with Gasteiger partial charge in [-0.1, -0.05) is 42.5 Å². The van der Waals surface area contributed by atoms with Crippen LogP contribution in [-0.4, -0.2) is 27.3 Å². The first-order valence-corrected chi connectivity index (χ1v) is 9.83. The molecule has 130 valence electrons. The summed E-state index contributed by atoms with van der Waals surface area (Å²) in [7, 11) is -3.25. The summed E-state index contributed by atoms with van der Waals surface area (Å²) in [5, 5.41) is 0. The molecule has 2 rings (SSSR count). The van der Waals surface area contributed by atoms with Crippen molar-refractivity contribution in [1.29, 1.82) is 0 Å². The van der Waals surface area contributed by atoms with E-state index < -0.39 is 10.0 Å². The predicted octanol–water partition coefficient (Wildman–Crippen LogP) is 3.23. The van der Waals surface area contributed by atoms with Gasteiger partial charge in [0.2, 0.25) is 10.0 Å². The number of ether oxygens (including phenoxy) is 1. The van der Waals surface area contributed by atoms with E-state index in [1.54, 1.807) is 0 Å². The molecule has 0 aromatic heterocycles. The van der Waals surface area contributed by atoms with Gasteiger partial charge in [-0.3, -0.25) is 0 Å². The van der Waals surface area contributed by atoms with E-state index in [9.17, 15) is 8.42 Å². The van der Waals surface area contributed by atoms with Crippen molar-refractivity contribution in [2.75, 3.05) is 18.9 Å². The molecule has 0 aliphatic rings. The fraction of sp³-hybridized carbons (Fsp3) is 0.368. The van der Waals surface area contributed by atoms with Gasteiger partial charge in [0.25, 0.3) is 0 Å². The lowest BCUT2D eigenvalue weighted by Gasteiger charge is -2.11. The van der Waals surface area contributed by atoms with E-state index in [1.807, 2.05) is 62.4 Å². The third-order valence-electron chi connectivity index (χ3n) is 3.96. The summed E-state index contributed by atoms with van der Waals surface area (Å²) in [6.07, 6.45) is 1.37. The average molecular weight is 347 g/mol. The van der Waals surface area contributed by atoms with Gasteiger partial charge in [-0.2, -0.15) is 0 Å². The second-order valence-corrected chi connectivity index (χ2v) is 7.78. The van der Waals surface area contributed by atoms with Crippen LogP contribution in [0, 0.1) is 13.8 Å². The zero-order valence-corrected chi connectivity index (χ0v) is 15.1. The largest absolute Gasteiger partial charge is 0.492 e. The zero-order chi connectivity index (χ0) is 17.4. The molecule has 4 nitrogen and oxygen atoms in total. The smallest absolute Gasteiger partial charge is 0.211 e. The highest BCUT2D eigenvalue weighted by Gasteiger charge is 2.09. The highest BCUT2D eigenvalue weighted by Crippen LogP contribution is 2.20. The van der Waals surface area contributed by atoms with Gasteiger partial charge in [0.15, 0.2) is 0 Å². The molecule has 2 aromatic rings. The monoisotopic (exact) mass is 347 g/mol. The number of hydrogen-bond donors (Lipinski definition) is 1. The quantitative estimate of drug-likeness (QED) is 0.709. The number of sulfonamides is 1. The van der Waals surface area contributed by atoms with Gasteiger partial charge in [0.05, 0.1) is 5.75 Å². The van der Waals surface area contributed by atoms with Gasteiger partial charge in [-0.15, -0.1) is 0 Å². The Labute approximate surface area is 144 Å². The van der Waals surface area contributed by atoms with Crippen molar-refractivity contribution >= 4 is 10.0 Å². The summed E-state index contributed by atoms with van der Waals surface area (Å²) in [5.41, 5.74) is 3.41. The first-order chi connectivity index (χ1) is 11.5. The van der Waals surface area contributed by atoms with E-state index in [0.29, 0.717) is 13.0 Å². The molecular formula is C19H25NO3S. The Balaban J connectivity index is 1.70. The Kier molecular flexibility index (Phi) is 6.82. The second kappa shape index (κ2) is 8.85. The molecule has 24 heavy (non-hydrogen) atoms. The topological polar surface area (TPSA) is 55.4 Å². The first kappa shape index (κ1) is 18.5. The van der Waals surface area contributed by atoms with Crippen LogP contribution >= 0.6 is 0 Å². The van der Waals surface area contributed by atoms with Crippen LogP contribution in [0.4, 0.5) is 0 Å². The van der Waals surface area contributed by atoms with Crippen LogP contribution < -0.4 is 9.46 Å². The molecule has 0 saturated heterocycles. The lowest BCUT2D eigenvalue weighted by Crippen LogP contribution is -2.30. The van der Waals surface area contributed by atoms with E-state index in [2.05, 4.69) is 4.72 Å². The van der Waals surface area contributed by atoms with Crippen molar-refractivity contribution in [3.05, 3.63) is 65.2 Å². The molecular weight excluding hydrogens is 322 g/mol. The molecule has 0 atom stereocenters. The van der Waals surface area contributed by atoms with Gasteiger partial charge >= 0.3 is 0 Å². The normalized spacial score (nSPS) is 11.4. The molecule has 0 radical (unpaired) electrons. The van der Waals surface area contributed by atoms with Gasteiger partial charge < -0.3 is 4.74 Å². The average Bonchev–Trinajstić information content (AvgIpc) is 2.56. The molecule has 0 aliphatic carbocycles. The van der Waals surface area contributed by atoms with Gasteiger partial charge in [-0.25, -0.2) is 13.1 Å². The maximum atomic E-state index is 12.0. The van der Waals surface area contributed by atoms with Gasteiger partial charge in [-0.05, 0) is 49.4 Å². The highest BCUT2D eigenvalue weighted by atomic mass is 32.2. The highest BCUT2D eigenvalue weighted by molar-refractivity contribution is 7.89. The first-order valence-electron chi connectivity index (χ1n) is 8.18. The SMILES string of the molecule is Cc1cccc(OCCNS(=O)(=O)CCCc2ccccc2)c1C. The van der Waals surface area contributed by atoms with E-state index in [0.717, 1.165) is 28.9 Å². The Hall–Kier alpha value is -1.85. The molecule has 0 aliphatic heterocycles. The second-order valence-electron chi connectivity index (χ2n) is 5.85. The number of rotatable bonds is 9. The molecule has 2 aromatic carbocycles. The van der Waals surface area contributed by atoms with Crippen LogP contribution in [-0.2, 0) is 16.4 Å². The number of benzene rings is 2. The zero-order valence-electron chi connectivity index (χ0n) is 14.3. The number of nitrogens with one attached hydrogen (secondary N) is 1. The predicted molar refractivity (Wildman–Crippen MR) is 98.0 cm³/mol. The molecule has 0 unspecified atom stereocenters. The maximum absolute atomic E-state index is 12.0. The van der Waals surface area contributed by atoms with E-state index in [-0.39, 0.29) is 12.3 Å². The molecule has 0 spiro atoms. The molecule has 1 N–H and O–H groups in total. The van der Waals surface area contributed by atoms with Crippen LogP contribution in [0.3, 0.4) is 0 Å². The Morgan fingerprint density at radius 3 is 2.50 bits per heavy atom. The van der Waals surface area contributed by atoms with Crippen molar-refractivity contribution in [3.8, 4) is 5.75 Å². The van der Waals surface area contributed by atoms with Crippen LogP contribution in [0.2, 0.25) is 0 Å². The van der Waals surface area contributed by atoms with Gasteiger partial charge in [0, 0.05) is 6.54 Å². The maximum Gasteiger partial charge on any atom is 0.211 e. The fourth-order valence-electron chi connectivity index (χ4n) is 2.42. The van der Waals surface area contributed by atoms with Crippen LogP contribution in [0.15, 0.2) is 48.5 Å².